The molecule has 0 radical (unpaired) electrons. The summed E-state index contributed by atoms with van der Waals surface area (Å²) in [5, 5.41) is -0.0132. The minimum absolute atomic E-state index is 0.0951. The normalized spacial score (nSPS) is 20.7. The van der Waals surface area contributed by atoms with Gasteiger partial charge in [0, 0.05) is 6.61 Å². The zero-order valence-electron chi connectivity index (χ0n) is 15.1. The first-order chi connectivity index (χ1) is 12.5. The topological polar surface area (TPSA) is 71.5 Å². The molecule has 1 saturated heterocycles. The Balaban J connectivity index is 2.05. The zero-order valence-corrected chi connectivity index (χ0v) is 15.9. The maximum absolute atomic E-state index is 12.7. The van der Waals surface area contributed by atoms with Gasteiger partial charge in [0.1, 0.15) is 11.0 Å². The van der Waals surface area contributed by atoms with E-state index in [-0.39, 0.29) is 12.4 Å². The summed E-state index contributed by atoms with van der Waals surface area (Å²) in [6.07, 6.45) is -3.81. The third kappa shape index (κ3) is 5.10. The fourth-order valence-electron chi connectivity index (χ4n) is 2.54. The van der Waals surface area contributed by atoms with Gasteiger partial charge in [-0.2, -0.15) is 18.2 Å². The van der Waals surface area contributed by atoms with Crippen molar-refractivity contribution < 1.29 is 27.5 Å². The van der Waals surface area contributed by atoms with Crippen LogP contribution in [0.1, 0.15) is 32.8 Å². The highest BCUT2D eigenvalue weighted by Gasteiger charge is 2.46. The van der Waals surface area contributed by atoms with Crippen LogP contribution in [0.5, 0.6) is 0 Å². The number of pyridine rings is 1. The molecule has 1 aromatic heterocycles. The number of ether oxygens (including phenoxy) is 1. The van der Waals surface area contributed by atoms with Gasteiger partial charge in [0.05, 0.1) is 24.0 Å². The quantitative estimate of drug-likeness (QED) is 0.423. The number of carbonyl (C=O) groups excluding carboxylic acids is 2. The van der Waals surface area contributed by atoms with Gasteiger partial charge in [-0.25, -0.2) is 4.98 Å². The third-order valence-corrected chi connectivity index (χ3v) is 4.56. The van der Waals surface area contributed by atoms with E-state index in [0.29, 0.717) is 12.5 Å². The fourth-order valence-corrected chi connectivity index (χ4v) is 2.80. The van der Waals surface area contributed by atoms with Crippen LogP contribution in [0.15, 0.2) is 12.1 Å². The van der Waals surface area contributed by atoms with Crippen LogP contribution in [0.4, 0.5) is 19.0 Å². The lowest BCUT2D eigenvalue weighted by Gasteiger charge is -2.17. The number of nitrogens with one attached hydrogen (secondary N) is 1. The Kier molecular flexibility index (Phi) is 6.69. The minimum atomic E-state index is -4.64. The SMILES string of the molecule is CC(C)CCOCC1C(=O)N(Nc2ccc(C(F)(F)F)c(Cl)n2)C(=O)C1C. The van der Waals surface area contributed by atoms with Crippen molar-refractivity contribution in [2.24, 2.45) is 17.8 Å². The van der Waals surface area contributed by atoms with Gasteiger partial charge < -0.3 is 4.74 Å². The Hall–Kier alpha value is -1.87. The standard InChI is InChI=1S/C17H21ClF3N3O3/c1-9(2)6-7-27-8-11-10(3)15(25)24(16(11)26)23-13-5-4-12(14(18)22-13)17(19,20)21/h4-5,9-11H,6-8H2,1-3H3,(H,22,23). The van der Waals surface area contributed by atoms with Crippen molar-refractivity contribution in [2.75, 3.05) is 18.6 Å². The summed E-state index contributed by atoms with van der Waals surface area (Å²) in [5.74, 6) is -1.98. The van der Waals surface area contributed by atoms with Crippen molar-refractivity contribution in [1.29, 1.82) is 0 Å². The number of aromatic nitrogens is 1. The fraction of sp³-hybridized carbons (Fsp3) is 0.588. The number of hydrogen-bond acceptors (Lipinski definition) is 5. The highest BCUT2D eigenvalue weighted by atomic mass is 35.5. The molecule has 1 aromatic rings. The first kappa shape index (κ1) is 21.4. The smallest absolute Gasteiger partial charge is 0.381 e. The van der Waals surface area contributed by atoms with Gasteiger partial charge in [0.15, 0.2) is 0 Å². The van der Waals surface area contributed by atoms with E-state index in [1.54, 1.807) is 6.92 Å². The lowest BCUT2D eigenvalue weighted by molar-refractivity contribution is -0.139. The Bertz CT molecular complexity index is 712. The molecule has 10 heteroatoms. The summed E-state index contributed by atoms with van der Waals surface area (Å²) < 4.78 is 43.7. The number of halogens is 4. The Morgan fingerprint density at radius 2 is 1.96 bits per heavy atom. The summed E-state index contributed by atoms with van der Waals surface area (Å²) in [5.41, 5.74) is 1.35. The molecule has 2 unspecified atom stereocenters. The number of hydrazine groups is 1. The molecule has 2 amide bonds. The highest BCUT2D eigenvalue weighted by molar-refractivity contribution is 6.30. The Morgan fingerprint density at radius 3 is 2.52 bits per heavy atom. The molecule has 1 N–H and O–H groups in total. The number of carbonyl (C=O) groups is 2. The number of amides is 2. The summed E-state index contributed by atoms with van der Waals surface area (Å²) in [6.45, 7) is 6.27. The zero-order chi connectivity index (χ0) is 20.4. The maximum Gasteiger partial charge on any atom is 0.419 e. The molecule has 150 valence electrons. The van der Waals surface area contributed by atoms with E-state index in [4.69, 9.17) is 16.3 Å². The minimum Gasteiger partial charge on any atom is -0.381 e. The van der Waals surface area contributed by atoms with Crippen LogP contribution in [-0.4, -0.2) is 35.0 Å². The van der Waals surface area contributed by atoms with Crippen molar-refractivity contribution in [3.05, 3.63) is 22.8 Å². The van der Waals surface area contributed by atoms with E-state index in [2.05, 4.69) is 10.4 Å². The van der Waals surface area contributed by atoms with Gasteiger partial charge in [-0.05, 0) is 24.5 Å². The van der Waals surface area contributed by atoms with E-state index in [1.165, 1.54) is 0 Å². The predicted octanol–water partition coefficient (Wildman–Crippen LogP) is 3.76. The van der Waals surface area contributed by atoms with Crippen LogP contribution in [0.2, 0.25) is 5.15 Å². The van der Waals surface area contributed by atoms with Crippen LogP contribution >= 0.6 is 11.6 Å². The Labute approximate surface area is 160 Å². The number of hydrogen-bond donors (Lipinski definition) is 1. The van der Waals surface area contributed by atoms with Gasteiger partial charge in [-0.3, -0.25) is 15.0 Å². The molecule has 2 atom stereocenters. The van der Waals surface area contributed by atoms with E-state index < -0.39 is 40.5 Å². The van der Waals surface area contributed by atoms with Gasteiger partial charge in [-0.1, -0.05) is 32.4 Å². The second-order valence-electron chi connectivity index (χ2n) is 6.81. The van der Waals surface area contributed by atoms with E-state index in [9.17, 15) is 22.8 Å². The van der Waals surface area contributed by atoms with Crippen LogP contribution in [0, 0.1) is 17.8 Å². The molecule has 6 nitrogen and oxygen atoms in total. The maximum atomic E-state index is 12.7. The van der Waals surface area contributed by atoms with E-state index in [1.807, 2.05) is 13.8 Å². The van der Waals surface area contributed by atoms with Crippen LogP contribution in [0.25, 0.3) is 0 Å². The van der Waals surface area contributed by atoms with Crippen molar-refractivity contribution in [3.8, 4) is 0 Å². The predicted molar refractivity (Wildman–Crippen MR) is 92.7 cm³/mol. The first-order valence-corrected chi connectivity index (χ1v) is 8.86. The molecular weight excluding hydrogens is 387 g/mol. The monoisotopic (exact) mass is 407 g/mol. The summed E-state index contributed by atoms with van der Waals surface area (Å²) >= 11 is 5.56. The summed E-state index contributed by atoms with van der Waals surface area (Å²) in [4.78, 5) is 28.4. The number of imide groups is 1. The average Bonchev–Trinajstić information content (AvgIpc) is 2.74. The van der Waals surface area contributed by atoms with Gasteiger partial charge in [-0.15, -0.1) is 0 Å². The molecular formula is C17H21ClF3N3O3. The molecule has 1 fully saturated rings. The van der Waals surface area contributed by atoms with Gasteiger partial charge >= 0.3 is 6.18 Å². The molecule has 0 spiro atoms. The van der Waals surface area contributed by atoms with E-state index >= 15 is 0 Å². The molecule has 0 saturated carbocycles. The van der Waals surface area contributed by atoms with Gasteiger partial charge in [0.2, 0.25) is 0 Å². The number of rotatable bonds is 7. The van der Waals surface area contributed by atoms with Crippen LogP contribution in [-0.2, 0) is 20.5 Å². The molecule has 0 aromatic carbocycles. The molecule has 1 aliphatic rings. The first-order valence-electron chi connectivity index (χ1n) is 8.48. The van der Waals surface area contributed by atoms with Crippen molar-refractivity contribution in [3.63, 3.8) is 0 Å². The second-order valence-corrected chi connectivity index (χ2v) is 7.17. The van der Waals surface area contributed by atoms with Crippen molar-refractivity contribution in [1.82, 2.24) is 9.99 Å². The molecule has 27 heavy (non-hydrogen) atoms. The average molecular weight is 408 g/mol. The third-order valence-electron chi connectivity index (χ3n) is 4.27. The Morgan fingerprint density at radius 1 is 1.30 bits per heavy atom. The largest absolute Gasteiger partial charge is 0.419 e. The number of nitrogens with zero attached hydrogens (tertiary/aromatic N) is 2. The summed E-state index contributed by atoms with van der Waals surface area (Å²) in [7, 11) is 0. The lowest BCUT2D eigenvalue weighted by atomic mass is 9.98. The molecule has 2 heterocycles. The molecule has 1 aliphatic heterocycles. The molecule has 2 rings (SSSR count). The van der Waals surface area contributed by atoms with Crippen LogP contribution in [0.3, 0.4) is 0 Å². The number of alkyl halides is 3. The van der Waals surface area contributed by atoms with Crippen molar-refractivity contribution in [2.45, 2.75) is 33.4 Å². The second kappa shape index (κ2) is 8.43. The highest BCUT2D eigenvalue weighted by Crippen LogP contribution is 2.34. The summed E-state index contributed by atoms with van der Waals surface area (Å²) in [6, 6.07) is 1.74. The molecule has 0 aliphatic carbocycles. The lowest BCUT2D eigenvalue weighted by Crippen LogP contribution is -2.37. The number of anilines is 1. The molecule has 0 bridgehead atoms. The van der Waals surface area contributed by atoms with Crippen LogP contribution < -0.4 is 5.43 Å². The van der Waals surface area contributed by atoms with Gasteiger partial charge in [0.25, 0.3) is 11.8 Å². The van der Waals surface area contributed by atoms with E-state index in [0.717, 1.165) is 23.6 Å². The van der Waals surface area contributed by atoms with Crippen molar-refractivity contribution >= 4 is 29.2 Å².